The van der Waals surface area contributed by atoms with Crippen LogP contribution in [0.25, 0.3) is 33.4 Å². The Balaban J connectivity index is 1.51. The maximum atomic E-state index is 9.90. The molecule has 0 amide bonds. The van der Waals surface area contributed by atoms with Crippen LogP contribution in [0.4, 0.5) is 17.1 Å². The topological polar surface area (TPSA) is 74.6 Å². The first kappa shape index (κ1) is 32.5. The first-order valence-electron chi connectivity index (χ1n) is 16.3. The first-order valence-corrected chi connectivity index (χ1v) is 16.3. The lowest BCUT2D eigenvalue weighted by atomic mass is 9.93. The van der Waals surface area contributed by atoms with Crippen molar-refractivity contribution in [2.45, 2.75) is 41.5 Å². The van der Waals surface area contributed by atoms with Crippen LogP contribution >= 0.6 is 0 Å². The van der Waals surface area contributed by atoms with Gasteiger partial charge in [-0.3, -0.25) is 0 Å². The minimum atomic E-state index is 0.658. The molecule has 236 valence electrons. The molecule has 0 atom stereocenters. The Hall–Kier alpha value is -6.41. The summed E-state index contributed by atoms with van der Waals surface area (Å²) >= 11 is 0. The molecule has 6 aromatic carbocycles. The van der Waals surface area contributed by atoms with E-state index < -0.39 is 0 Å². The molecule has 0 fully saturated rings. The van der Waals surface area contributed by atoms with Gasteiger partial charge in [-0.1, -0.05) is 54.6 Å². The number of anilines is 3. The van der Waals surface area contributed by atoms with Crippen LogP contribution in [0, 0.1) is 75.5 Å². The van der Waals surface area contributed by atoms with Crippen LogP contribution in [-0.2, 0) is 0 Å². The van der Waals surface area contributed by atoms with Crippen molar-refractivity contribution in [1.82, 2.24) is 0 Å². The Morgan fingerprint density at radius 1 is 0.347 bits per heavy atom. The number of hydrogen-bond acceptors (Lipinski definition) is 4. The molecule has 0 saturated carbocycles. The molecule has 0 radical (unpaired) electrons. The molecule has 4 nitrogen and oxygen atoms in total. The monoisotopic (exact) mass is 632 g/mol. The fraction of sp³-hybridized carbons (Fsp3) is 0.133. The van der Waals surface area contributed by atoms with E-state index in [1.807, 2.05) is 75.4 Å². The van der Waals surface area contributed by atoms with Crippen LogP contribution in [0.1, 0.15) is 50.1 Å². The fourth-order valence-electron chi connectivity index (χ4n) is 6.67. The summed E-state index contributed by atoms with van der Waals surface area (Å²) in [4.78, 5) is 2.24. The van der Waals surface area contributed by atoms with Gasteiger partial charge in [-0.25, -0.2) is 0 Å². The highest BCUT2D eigenvalue weighted by molar-refractivity contribution is 5.85. The third kappa shape index (κ3) is 6.32. The number of nitriles is 3. The third-order valence-electron chi connectivity index (χ3n) is 9.16. The van der Waals surface area contributed by atoms with E-state index in [2.05, 4.69) is 98.5 Å². The smallest absolute Gasteiger partial charge is 0.0998 e. The number of hydrogen-bond donors (Lipinski definition) is 0. The summed E-state index contributed by atoms with van der Waals surface area (Å²) in [5.74, 6) is 0. The highest BCUT2D eigenvalue weighted by Gasteiger charge is 2.19. The minimum absolute atomic E-state index is 0.658. The quantitative estimate of drug-likeness (QED) is 0.183. The summed E-state index contributed by atoms with van der Waals surface area (Å²) in [6, 6.07) is 44.3. The van der Waals surface area contributed by atoms with Crippen LogP contribution in [0.3, 0.4) is 0 Å². The van der Waals surface area contributed by atoms with Crippen LogP contribution in [0.15, 0.2) is 109 Å². The number of aryl methyl sites for hydroxylation is 6. The Labute approximate surface area is 289 Å². The van der Waals surface area contributed by atoms with Gasteiger partial charge in [0.2, 0.25) is 0 Å². The molecule has 4 heteroatoms. The average molecular weight is 633 g/mol. The predicted molar refractivity (Wildman–Crippen MR) is 200 cm³/mol. The molecular formula is C45H36N4. The molecule has 0 heterocycles. The Kier molecular flexibility index (Phi) is 8.88. The molecule has 0 aliphatic heterocycles. The van der Waals surface area contributed by atoms with Gasteiger partial charge >= 0.3 is 0 Å². The van der Waals surface area contributed by atoms with Gasteiger partial charge in [0.25, 0.3) is 0 Å². The predicted octanol–water partition coefficient (Wildman–Crippen LogP) is 11.6. The van der Waals surface area contributed by atoms with Crippen molar-refractivity contribution in [3.63, 3.8) is 0 Å². The summed E-state index contributed by atoms with van der Waals surface area (Å²) < 4.78 is 0. The lowest BCUT2D eigenvalue weighted by Gasteiger charge is -2.28. The number of nitrogens with zero attached hydrogens (tertiary/aromatic N) is 4. The summed E-state index contributed by atoms with van der Waals surface area (Å²) in [5.41, 5.74) is 17.1. The molecule has 0 unspecified atom stereocenters. The third-order valence-corrected chi connectivity index (χ3v) is 9.16. The van der Waals surface area contributed by atoms with Crippen molar-refractivity contribution < 1.29 is 0 Å². The van der Waals surface area contributed by atoms with Crippen LogP contribution in [0.5, 0.6) is 0 Å². The minimum Gasteiger partial charge on any atom is -0.310 e. The fourth-order valence-corrected chi connectivity index (χ4v) is 6.67. The Morgan fingerprint density at radius 2 is 0.612 bits per heavy atom. The summed E-state index contributed by atoms with van der Waals surface area (Å²) in [5, 5.41) is 29.7. The summed E-state index contributed by atoms with van der Waals surface area (Å²) in [6.45, 7) is 12.3. The van der Waals surface area contributed by atoms with Gasteiger partial charge in [-0.15, -0.1) is 0 Å². The van der Waals surface area contributed by atoms with E-state index in [1.54, 1.807) is 0 Å². The molecule has 0 bridgehead atoms. The Morgan fingerprint density at radius 3 is 0.857 bits per heavy atom. The number of benzene rings is 6. The van der Waals surface area contributed by atoms with E-state index in [4.69, 9.17) is 0 Å². The van der Waals surface area contributed by atoms with Crippen molar-refractivity contribution in [1.29, 1.82) is 15.8 Å². The molecule has 0 spiro atoms. The standard InChI is InChI=1S/C45H36N4/c1-28-7-13-43(34(19-28)25-46)40-16-10-37(22-31(40)4)49(38-11-17-41(32(5)23-38)44-14-8-29(2)20-35(44)26-47)39-12-18-42(33(6)24-39)45-15-9-30(3)21-36(45)27-48/h7-24H,1-6H3. The molecule has 0 aromatic heterocycles. The van der Waals surface area contributed by atoms with Gasteiger partial charge in [0.1, 0.15) is 0 Å². The maximum absolute atomic E-state index is 9.90. The molecule has 0 N–H and O–H groups in total. The molecule has 0 aliphatic carbocycles. The van der Waals surface area contributed by atoms with Gasteiger partial charge in [-0.05, 0) is 163 Å². The summed E-state index contributed by atoms with van der Waals surface area (Å²) in [6.07, 6.45) is 0. The second-order valence-corrected chi connectivity index (χ2v) is 12.8. The van der Waals surface area contributed by atoms with Crippen LogP contribution < -0.4 is 4.90 Å². The van der Waals surface area contributed by atoms with E-state index >= 15 is 0 Å². The molecule has 0 saturated heterocycles. The highest BCUT2D eigenvalue weighted by atomic mass is 15.1. The van der Waals surface area contributed by atoms with E-state index in [0.29, 0.717) is 16.7 Å². The molecular weight excluding hydrogens is 597 g/mol. The van der Waals surface area contributed by atoms with Crippen molar-refractivity contribution in [3.8, 4) is 51.6 Å². The van der Waals surface area contributed by atoms with E-state index in [-0.39, 0.29) is 0 Å². The van der Waals surface area contributed by atoms with Gasteiger partial charge in [0, 0.05) is 17.1 Å². The van der Waals surface area contributed by atoms with Crippen molar-refractivity contribution in [2.75, 3.05) is 4.90 Å². The molecule has 6 rings (SSSR count). The van der Waals surface area contributed by atoms with E-state index in [9.17, 15) is 15.8 Å². The maximum Gasteiger partial charge on any atom is 0.0998 e. The zero-order valence-electron chi connectivity index (χ0n) is 28.7. The van der Waals surface area contributed by atoms with Gasteiger partial charge < -0.3 is 4.90 Å². The second kappa shape index (κ2) is 13.4. The largest absolute Gasteiger partial charge is 0.310 e. The van der Waals surface area contributed by atoms with Gasteiger partial charge in [0.05, 0.1) is 34.9 Å². The Bertz CT molecular complexity index is 2130. The van der Waals surface area contributed by atoms with Crippen molar-refractivity contribution in [3.05, 3.63) is 159 Å². The second-order valence-electron chi connectivity index (χ2n) is 12.8. The van der Waals surface area contributed by atoms with Crippen molar-refractivity contribution >= 4 is 17.1 Å². The zero-order valence-corrected chi connectivity index (χ0v) is 28.7. The molecule has 6 aromatic rings. The SMILES string of the molecule is Cc1ccc(-c2ccc(N(c3ccc(-c4ccc(C)cc4C#N)c(C)c3)c3ccc(-c4ccc(C)cc4C#N)c(C)c3)cc2C)c(C#N)c1. The molecule has 49 heavy (non-hydrogen) atoms. The number of rotatable bonds is 6. The van der Waals surface area contributed by atoms with E-state index in [0.717, 1.165) is 83.8 Å². The summed E-state index contributed by atoms with van der Waals surface area (Å²) in [7, 11) is 0. The zero-order chi connectivity index (χ0) is 34.8. The first-order chi connectivity index (χ1) is 23.6. The van der Waals surface area contributed by atoms with Crippen LogP contribution in [-0.4, -0.2) is 0 Å². The highest BCUT2D eigenvalue weighted by Crippen LogP contribution is 2.41. The van der Waals surface area contributed by atoms with Gasteiger partial charge in [-0.2, -0.15) is 15.8 Å². The lowest BCUT2D eigenvalue weighted by Crippen LogP contribution is -2.11. The molecule has 0 aliphatic rings. The average Bonchev–Trinajstić information content (AvgIpc) is 3.09. The normalized spacial score (nSPS) is 10.6. The van der Waals surface area contributed by atoms with Gasteiger partial charge in [0.15, 0.2) is 0 Å². The lowest BCUT2D eigenvalue weighted by molar-refractivity contribution is 1.25. The van der Waals surface area contributed by atoms with E-state index in [1.165, 1.54) is 0 Å². The van der Waals surface area contributed by atoms with Crippen molar-refractivity contribution in [2.24, 2.45) is 0 Å². The van der Waals surface area contributed by atoms with Crippen LogP contribution in [0.2, 0.25) is 0 Å².